The van der Waals surface area contributed by atoms with Gasteiger partial charge in [-0.3, -0.25) is 4.79 Å². The first-order valence-corrected chi connectivity index (χ1v) is 7.10. The first-order chi connectivity index (χ1) is 9.97. The van der Waals surface area contributed by atoms with Crippen LogP contribution in [0.1, 0.15) is 13.0 Å². The van der Waals surface area contributed by atoms with Crippen LogP contribution < -0.4 is 14.8 Å². The molecule has 0 aliphatic carbocycles. The minimum absolute atomic E-state index is 0.0835. The van der Waals surface area contributed by atoms with Crippen molar-refractivity contribution in [1.29, 1.82) is 0 Å². The van der Waals surface area contributed by atoms with Gasteiger partial charge in [-0.25, -0.2) is 0 Å². The Labute approximate surface area is 130 Å². The number of nitrogens with zero attached hydrogens (tertiary/aromatic N) is 2. The van der Waals surface area contributed by atoms with Gasteiger partial charge in [0.05, 0.1) is 0 Å². The van der Waals surface area contributed by atoms with Crippen LogP contribution in [0.3, 0.4) is 0 Å². The number of nitrogens with one attached hydrogen (secondary N) is 1. The predicted octanol–water partition coefficient (Wildman–Crippen LogP) is 2.89. The van der Waals surface area contributed by atoms with Crippen LogP contribution in [0.5, 0.6) is 0 Å². The summed E-state index contributed by atoms with van der Waals surface area (Å²) in [5.41, 5.74) is 1.79. The summed E-state index contributed by atoms with van der Waals surface area (Å²) in [5.74, 6) is -0.0835. The molecule has 0 aliphatic rings. The van der Waals surface area contributed by atoms with Crippen molar-refractivity contribution >= 4 is 28.9 Å². The smallest absolute Gasteiger partial charge is 0.293 e. The molecule has 2 aromatic rings. The third-order valence-electron chi connectivity index (χ3n) is 3.27. The van der Waals surface area contributed by atoms with Crippen LogP contribution in [-0.2, 0) is 4.79 Å². The zero-order valence-electron chi connectivity index (χ0n) is 12.4. The molecule has 1 aromatic carbocycles. The number of anilines is 2. The highest BCUT2D eigenvalue weighted by atomic mass is 35.5. The predicted molar refractivity (Wildman–Crippen MR) is 85.8 cm³/mol. The van der Waals surface area contributed by atoms with E-state index in [1.54, 1.807) is 12.1 Å². The molecule has 4 nitrogen and oxygen atoms in total. The average molecular weight is 305 g/mol. The number of carbonyl (C=O) groups is 1. The van der Waals surface area contributed by atoms with E-state index in [1.165, 1.54) is 0 Å². The Hall–Kier alpha value is -2.07. The highest BCUT2D eigenvalue weighted by Gasteiger charge is 2.21. The van der Waals surface area contributed by atoms with Crippen LogP contribution in [0.4, 0.5) is 11.4 Å². The topological polar surface area (TPSA) is 36.2 Å². The number of amides is 1. The Morgan fingerprint density at radius 1 is 1.24 bits per heavy atom. The van der Waals surface area contributed by atoms with Gasteiger partial charge >= 0.3 is 0 Å². The van der Waals surface area contributed by atoms with Gasteiger partial charge < -0.3 is 10.2 Å². The van der Waals surface area contributed by atoms with Gasteiger partial charge in [0.25, 0.3) is 5.91 Å². The zero-order valence-corrected chi connectivity index (χ0v) is 13.1. The monoisotopic (exact) mass is 304 g/mol. The van der Waals surface area contributed by atoms with Gasteiger partial charge in [0, 0.05) is 49.5 Å². The third kappa shape index (κ3) is 3.95. The van der Waals surface area contributed by atoms with Crippen LogP contribution in [0, 0.1) is 0 Å². The molecule has 0 saturated carbocycles. The molecular weight excluding hydrogens is 286 g/mol. The van der Waals surface area contributed by atoms with Crippen LogP contribution in [0.15, 0.2) is 48.8 Å². The summed E-state index contributed by atoms with van der Waals surface area (Å²) in [4.78, 5) is 14.3. The summed E-state index contributed by atoms with van der Waals surface area (Å²) < 4.78 is 1.87. The van der Waals surface area contributed by atoms with E-state index in [0.717, 1.165) is 5.69 Å². The molecular formula is C16H19ClN3O+. The maximum atomic E-state index is 12.3. The maximum absolute atomic E-state index is 12.3. The summed E-state index contributed by atoms with van der Waals surface area (Å²) in [5, 5.41) is 3.46. The number of halogens is 1. The number of hydrogen-bond acceptors (Lipinski definition) is 2. The van der Waals surface area contributed by atoms with E-state index in [4.69, 9.17) is 11.6 Å². The minimum Gasteiger partial charge on any atom is -0.377 e. The lowest BCUT2D eigenvalue weighted by atomic mass is 10.2. The van der Waals surface area contributed by atoms with Gasteiger partial charge in [0.15, 0.2) is 12.4 Å². The molecule has 1 N–H and O–H groups in total. The molecule has 1 amide bonds. The van der Waals surface area contributed by atoms with E-state index in [0.29, 0.717) is 10.7 Å². The molecule has 5 heteroatoms. The van der Waals surface area contributed by atoms with Crippen molar-refractivity contribution in [2.45, 2.75) is 13.0 Å². The highest BCUT2D eigenvalue weighted by molar-refractivity contribution is 6.30. The lowest BCUT2D eigenvalue weighted by molar-refractivity contribution is -0.705. The highest BCUT2D eigenvalue weighted by Crippen LogP contribution is 2.16. The fourth-order valence-corrected chi connectivity index (χ4v) is 2.13. The largest absolute Gasteiger partial charge is 0.377 e. The van der Waals surface area contributed by atoms with Crippen LogP contribution in [0.2, 0.25) is 5.02 Å². The lowest BCUT2D eigenvalue weighted by Gasteiger charge is -2.12. The molecule has 0 saturated heterocycles. The van der Waals surface area contributed by atoms with Crippen molar-refractivity contribution in [2.24, 2.45) is 0 Å². The van der Waals surface area contributed by atoms with Gasteiger partial charge in [0.1, 0.15) is 0 Å². The van der Waals surface area contributed by atoms with Gasteiger partial charge in [0.2, 0.25) is 6.04 Å². The Bertz CT molecular complexity index is 626. The number of benzene rings is 1. The summed E-state index contributed by atoms with van der Waals surface area (Å²) in [6.07, 6.45) is 3.80. The molecule has 1 atom stereocenters. The van der Waals surface area contributed by atoms with E-state index in [2.05, 4.69) is 5.32 Å². The van der Waals surface area contributed by atoms with Crippen LogP contribution >= 0.6 is 11.6 Å². The van der Waals surface area contributed by atoms with Crippen molar-refractivity contribution in [3.63, 3.8) is 0 Å². The normalized spacial score (nSPS) is 11.8. The Balaban J connectivity index is 2.08. The molecule has 2 rings (SSSR count). The summed E-state index contributed by atoms with van der Waals surface area (Å²) in [6, 6.07) is 10.8. The molecule has 1 heterocycles. The maximum Gasteiger partial charge on any atom is 0.293 e. The molecule has 0 fully saturated rings. The lowest BCUT2D eigenvalue weighted by Crippen LogP contribution is -2.44. The molecule has 110 valence electrons. The quantitative estimate of drug-likeness (QED) is 0.882. The number of rotatable bonds is 4. The van der Waals surface area contributed by atoms with Crippen molar-refractivity contribution in [3.8, 4) is 0 Å². The number of pyridine rings is 1. The second-order valence-corrected chi connectivity index (χ2v) is 5.51. The van der Waals surface area contributed by atoms with Gasteiger partial charge in [-0.05, 0) is 18.2 Å². The number of hydrogen-bond donors (Lipinski definition) is 1. The fourth-order valence-electron chi connectivity index (χ4n) is 1.93. The Morgan fingerprint density at radius 2 is 1.90 bits per heavy atom. The molecule has 0 spiro atoms. The minimum atomic E-state index is -0.305. The summed E-state index contributed by atoms with van der Waals surface area (Å²) in [7, 11) is 3.96. The van der Waals surface area contributed by atoms with E-state index >= 15 is 0 Å². The van der Waals surface area contributed by atoms with E-state index in [1.807, 2.05) is 67.1 Å². The molecule has 21 heavy (non-hydrogen) atoms. The zero-order chi connectivity index (χ0) is 15.4. The average Bonchev–Trinajstić information content (AvgIpc) is 2.46. The molecule has 0 unspecified atom stereocenters. The third-order valence-corrected chi connectivity index (χ3v) is 3.51. The fraction of sp³-hybridized carbons (Fsp3) is 0.250. The summed E-state index contributed by atoms with van der Waals surface area (Å²) in [6.45, 7) is 1.86. The molecule has 0 bridgehead atoms. The first kappa shape index (κ1) is 15.3. The van der Waals surface area contributed by atoms with Crippen molar-refractivity contribution in [2.75, 3.05) is 24.3 Å². The standard InChI is InChI=1S/C16H18ClN3O/c1-12(20-9-7-15(8-10-20)19(2)3)16(21)18-14-6-4-5-13(17)11-14/h4-12H,1-3H3/p+1/t12-/m1/s1. The molecule has 1 aromatic heterocycles. The van der Waals surface area contributed by atoms with E-state index in [9.17, 15) is 4.79 Å². The van der Waals surface area contributed by atoms with Gasteiger partial charge in [-0.15, -0.1) is 0 Å². The Kier molecular flexibility index (Phi) is 4.81. The second-order valence-electron chi connectivity index (χ2n) is 5.07. The molecule has 0 aliphatic heterocycles. The van der Waals surface area contributed by atoms with Crippen molar-refractivity contribution in [1.82, 2.24) is 0 Å². The van der Waals surface area contributed by atoms with Crippen LogP contribution in [0.25, 0.3) is 0 Å². The van der Waals surface area contributed by atoms with Crippen molar-refractivity contribution < 1.29 is 9.36 Å². The van der Waals surface area contributed by atoms with Crippen LogP contribution in [-0.4, -0.2) is 20.0 Å². The SMILES string of the molecule is C[C@H](C(=O)Nc1cccc(Cl)c1)[n+]1ccc(N(C)C)cc1. The number of aromatic nitrogens is 1. The summed E-state index contributed by atoms with van der Waals surface area (Å²) >= 11 is 5.91. The van der Waals surface area contributed by atoms with E-state index in [-0.39, 0.29) is 11.9 Å². The molecule has 0 radical (unpaired) electrons. The Morgan fingerprint density at radius 3 is 2.48 bits per heavy atom. The number of carbonyl (C=O) groups excluding carboxylic acids is 1. The van der Waals surface area contributed by atoms with Crippen molar-refractivity contribution in [3.05, 3.63) is 53.8 Å². The second kappa shape index (κ2) is 6.59. The van der Waals surface area contributed by atoms with Gasteiger partial charge in [-0.1, -0.05) is 17.7 Å². The van der Waals surface area contributed by atoms with E-state index < -0.39 is 0 Å². The van der Waals surface area contributed by atoms with Gasteiger partial charge in [-0.2, -0.15) is 4.57 Å². The first-order valence-electron chi connectivity index (χ1n) is 6.72.